The predicted octanol–water partition coefficient (Wildman–Crippen LogP) is -3.00. The predicted molar refractivity (Wildman–Crippen MR) is 94.3 cm³/mol. The third-order valence-corrected chi connectivity index (χ3v) is 4.52. The summed E-state index contributed by atoms with van der Waals surface area (Å²) in [5.41, 5.74) is 6.03. The molecule has 0 bridgehead atoms. The van der Waals surface area contributed by atoms with E-state index in [-0.39, 0.29) is 18.1 Å². The molecule has 10 nitrogen and oxygen atoms in total. The number of carbonyl (C=O) groups excluding carboxylic acids is 1. The number of aliphatic hydroxyl groups excluding tert-OH is 1. The lowest BCUT2D eigenvalue weighted by Crippen LogP contribution is -2.61. The summed E-state index contributed by atoms with van der Waals surface area (Å²) in [5, 5.41) is 12.7. The zero-order chi connectivity index (χ0) is 19.2. The molecule has 1 aliphatic heterocycles. The summed E-state index contributed by atoms with van der Waals surface area (Å²) in [6.45, 7) is 3.66. The van der Waals surface area contributed by atoms with E-state index in [0.717, 1.165) is 17.5 Å². The van der Waals surface area contributed by atoms with Gasteiger partial charge in [-0.25, -0.2) is 4.68 Å². The molecule has 3 rings (SSSR count). The number of rotatable bonds is 6. The van der Waals surface area contributed by atoms with Gasteiger partial charge < -0.3 is 26.3 Å². The van der Waals surface area contributed by atoms with Gasteiger partial charge in [-0.2, -0.15) is 0 Å². The van der Waals surface area contributed by atoms with Crippen LogP contribution in [-0.2, 0) is 16.1 Å². The van der Waals surface area contributed by atoms with Crippen LogP contribution in [0.25, 0.3) is 12.0 Å². The molecule has 1 fully saturated rings. The van der Waals surface area contributed by atoms with E-state index in [9.17, 15) is 19.5 Å². The number of ether oxygens (including phenoxy) is 1. The quantitative estimate of drug-likeness (QED) is 0.421. The SMILES string of the molecule is COC(C)(C)Cn1c(=O)c(=C(O)NC2CC2)c(=O)n2c1=CC(C(N)=O)N2. The zero-order valence-corrected chi connectivity index (χ0v) is 14.9. The van der Waals surface area contributed by atoms with Gasteiger partial charge in [-0.3, -0.25) is 19.0 Å². The molecule has 5 N–H and O–H groups in total. The van der Waals surface area contributed by atoms with Crippen LogP contribution in [0.5, 0.6) is 0 Å². The Bertz CT molecular complexity index is 986. The number of carbonyl (C=O) groups is 1. The Morgan fingerprint density at radius 3 is 2.62 bits per heavy atom. The van der Waals surface area contributed by atoms with Gasteiger partial charge in [-0.05, 0) is 32.8 Å². The first kappa shape index (κ1) is 18.1. The number of nitrogens with one attached hydrogen (secondary N) is 2. The molecule has 1 unspecified atom stereocenters. The molecule has 10 heteroatoms. The third-order valence-electron chi connectivity index (χ3n) is 4.52. The molecule has 0 radical (unpaired) electrons. The Morgan fingerprint density at radius 2 is 2.08 bits per heavy atom. The molecule has 2 aliphatic rings. The molecule has 1 aliphatic carbocycles. The number of fused-ring (bicyclic) bond motifs is 1. The van der Waals surface area contributed by atoms with Crippen molar-refractivity contribution in [3.05, 3.63) is 31.4 Å². The topological polar surface area (TPSA) is 141 Å². The fourth-order valence-corrected chi connectivity index (χ4v) is 2.72. The summed E-state index contributed by atoms with van der Waals surface area (Å²) in [6.07, 6.45) is 3.13. The fraction of sp³-hybridized carbons (Fsp3) is 0.562. The van der Waals surface area contributed by atoms with Gasteiger partial charge >= 0.3 is 0 Å². The van der Waals surface area contributed by atoms with Crippen molar-refractivity contribution < 1.29 is 14.6 Å². The van der Waals surface area contributed by atoms with Gasteiger partial charge in [0, 0.05) is 13.2 Å². The molecule has 142 valence electrons. The van der Waals surface area contributed by atoms with Gasteiger partial charge in [0.05, 0.1) is 12.1 Å². The second-order valence-electron chi connectivity index (χ2n) is 7.17. The number of aromatic nitrogens is 2. The number of methoxy groups -OCH3 is 1. The third kappa shape index (κ3) is 3.19. The number of primary amides is 1. The van der Waals surface area contributed by atoms with Crippen LogP contribution in [0, 0.1) is 0 Å². The normalized spacial score (nSPS) is 20.0. The zero-order valence-electron chi connectivity index (χ0n) is 14.9. The monoisotopic (exact) mass is 365 g/mol. The molecular weight excluding hydrogens is 342 g/mol. The largest absolute Gasteiger partial charge is 0.494 e. The highest BCUT2D eigenvalue weighted by atomic mass is 16.5. The lowest BCUT2D eigenvalue weighted by molar-refractivity contribution is -0.117. The molecule has 2 heterocycles. The van der Waals surface area contributed by atoms with Gasteiger partial charge in [0.1, 0.15) is 11.5 Å². The van der Waals surface area contributed by atoms with Crippen LogP contribution in [-0.4, -0.2) is 45.1 Å². The minimum Gasteiger partial charge on any atom is -0.494 e. The molecule has 1 aromatic heterocycles. The van der Waals surface area contributed by atoms with Gasteiger partial charge in [-0.15, -0.1) is 0 Å². The highest BCUT2D eigenvalue weighted by Crippen LogP contribution is 2.19. The van der Waals surface area contributed by atoms with Crippen LogP contribution in [0.4, 0.5) is 0 Å². The summed E-state index contributed by atoms with van der Waals surface area (Å²) in [7, 11) is 1.51. The standard InChI is InChI=1S/C16H23N5O5/c1-16(2,26-3)7-20-10-6-9(12(17)22)19-21(10)15(25)11(14(20)24)13(23)18-8-4-5-8/h6,8-9,18-19,23H,4-5,7H2,1-3H3,(H2,17,22). The molecule has 0 saturated heterocycles. The smallest absolute Gasteiger partial charge is 0.289 e. The molecule has 26 heavy (non-hydrogen) atoms. The first-order valence-corrected chi connectivity index (χ1v) is 8.33. The Labute approximate surface area is 148 Å². The maximum atomic E-state index is 13.0. The molecule has 0 aromatic carbocycles. The van der Waals surface area contributed by atoms with Crippen LogP contribution in [0.2, 0.25) is 0 Å². The second-order valence-corrected chi connectivity index (χ2v) is 7.17. The average molecular weight is 365 g/mol. The summed E-state index contributed by atoms with van der Waals surface area (Å²) in [4.78, 5) is 37.2. The number of hydrogen-bond acceptors (Lipinski definition) is 7. The van der Waals surface area contributed by atoms with Crippen LogP contribution in [0.15, 0.2) is 9.59 Å². The van der Waals surface area contributed by atoms with Crippen molar-refractivity contribution in [2.45, 2.75) is 50.9 Å². The fourth-order valence-electron chi connectivity index (χ4n) is 2.72. The van der Waals surface area contributed by atoms with E-state index in [2.05, 4.69) is 10.7 Å². The maximum Gasteiger partial charge on any atom is 0.289 e. The van der Waals surface area contributed by atoms with Gasteiger partial charge in [0.15, 0.2) is 5.22 Å². The summed E-state index contributed by atoms with van der Waals surface area (Å²) >= 11 is 0. The van der Waals surface area contributed by atoms with E-state index in [1.165, 1.54) is 17.8 Å². The van der Waals surface area contributed by atoms with E-state index >= 15 is 0 Å². The van der Waals surface area contributed by atoms with Gasteiger partial charge in [-0.1, -0.05) is 0 Å². The highest BCUT2D eigenvalue weighted by Gasteiger charge is 2.28. The van der Waals surface area contributed by atoms with Crippen LogP contribution >= 0.6 is 0 Å². The number of aliphatic hydroxyl groups is 1. The van der Waals surface area contributed by atoms with E-state index in [1.54, 1.807) is 13.8 Å². The summed E-state index contributed by atoms with van der Waals surface area (Å²) < 4.78 is 7.73. The van der Waals surface area contributed by atoms with E-state index in [1.807, 2.05) is 0 Å². The van der Waals surface area contributed by atoms with Crippen molar-refractivity contribution in [1.29, 1.82) is 0 Å². The molecular formula is C16H23N5O5. The first-order chi connectivity index (χ1) is 12.1. The number of nitrogens with two attached hydrogens (primary N) is 1. The summed E-state index contributed by atoms with van der Waals surface area (Å²) in [6, 6.07) is -0.887. The van der Waals surface area contributed by atoms with Crippen LogP contribution in [0.3, 0.4) is 0 Å². The summed E-state index contributed by atoms with van der Waals surface area (Å²) in [5.74, 6) is -1.16. The molecule has 1 atom stereocenters. The van der Waals surface area contributed by atoms with Gasteiger partial charge in [0.2, 0.25) is 11.8 Å². The number of amides is 1. The molecule has 0 spiro atoms. The van der Waals surface area contributed by atoms with Crippen molar-refractivity contribution in [1.82, 2.24) is 14.6 Å². The van der Waals surface area contributed by atoms with Crippen LogP contribution in [0.1, 0.15) is 26.7 Å². The van der Waals surface area contributed by atoms with Gasteiger partial charge in [0.25, 0.3) is 11.1 Å². The van der Waals surface area contributed by atoms with Crippen LogP contribution < -0.4 is 38.3 Å². The average Bonchev–Trinajstić information content (AvgIpc) is 3.25. The Balaban J connectivity index is 2.29. The minimum atomic E-state index is -0.937. The molecule has 1 amide bonds. The van der Waals surface area contributed by atoms with Crippen molar-refractivity contribution >= 4 is 17.9 Å². The van der Waals surface area contributed by atoms with Crippen molar-refractivity contribution in [3.63, 3.8) is 0 Å². The van der Waals surface area contributed by atoms with E-state index < -0.39 is 39.8 Å². The Morgan fingerprint density at radius 1 is 1.42 bits per heavy atom. The van der Waals surface area contributed by atoms with E-state index in [4.69, 9.17) is 10.5 Å². The highest BCUT2D eigenvalue weighted by molar-refractivity contribution is 5.88. The molecule has 1 aromatic rings. The first-order valence-electron chi connectivity index (χ1n) is 8.33. The Kier molecular flexibility index (Phi) is 4.31. The van der Waals surface area contributed by atoms with Crippen molar-refractivity contribution in [2.75, 3.05) is 12.5 Å². The minimum absolute atomic E-state index is 0.0498. The number of nitrogens with zero attached hydrogens (tertiary/aromatic N) is 2. The lowest BCUT2D eigenvalue weighted by Gasteiger charge is -2.24. The lowest BCUT2D eigenvalue weighted by atomic mass is 10.1. The van der Waals surface area contributed by atoms with E-state index in [0.29, 0.717) is 0 Å². The Hall–Kier alpha value is -2.75. The second kappa shape index (κ2) is 6.20. The van der Waals surface area contributed by atoms with Crippen molar-refractivity contribution in [3.8, 4) is 0 Å². The number of hydrogen-bond donors (Lipinski definition) is 4. The molecule has 1 saturated carbocycles. The van der Waals surface area contributed by atoms with Crippen molar-refractivity contribution in [2.24, 2.45) is 5.73 Å². The maximum absolute atomic E-state index is 13.0.